The van der Waals surface area contributed by atoms with Crippen LogP contribution in [0.25, 0.3) is 0 Å². The first-order chi connectivity index (χ1) is 10.1. The zero-order valence-corrected chi connectivity index (χ0v) is 14.2. The molecule has 0 aliphatic carbocycles. The summed E-state index contributed by atoms with van der Waals surface area (Å²) in [5, 5.41) is 3.66. The number of rotatable bonds is 6. The average molecular weight is 288 g/mol. The number of nitrogens with zero attached hydrogens (tertiary/aromatic N) is 1. The third-order valence-electron chi connectivity index (χ3n) is 5.14. The molecule has 2 heteroatoms. The molecule has 1 aromatic rings. The summed E-state index contributed by atoms with van der Waals surface area (Å²) in [7, 11) is 0. The molecule has 1 heterocycles. The van der Waals surface area contributed by atoms with E-state index in [0.717, 1.165) is 18.5 Å². The lowest BCUT2D eigenvalue weighted by Gasteiger charge is -2.38. The van der Waals surface area contributed by atoms with Crippen molar-refractivity contribution in [3.63, 3.8) is 0 Å². The highest BCUT2D eigenvalue weighted by molar-refractivity contribution is 5.24. The molecule has 118 valence electrons. The lowest BCUT2D eigenvalue weighted by Crippen LogP contribution is -2.43. The Kier molecular flexibility index (Phi) is 6.25. The van der Waals surface area contributed by atoms with Gasteiger partial charge in [-0.1, -0.05) is 43.7 Å². The summed E-state index contributed by atoms with van der Waals surface area (Å²) in [5.74, 6) is 0.843. The van der Waals surface area contributed by atoms with E-state index in [0.29, 0.717) is 6.04 Å². The van der Waals surface area contributed by atoms with Gasteiger partial charge in [0, 0.05) is 18.6 Å². The van der Waals surface area contributed by atoms with E-state index in [1.54, 1.807) is 0 Å². The molecule has 1 aliphatic rings. The number of aryl methyl sites for hydroxylation is 1. The Bertz CT molecular complexity index is 412. The minimum absolute atomic E-state index is 0.486. The SMILES string of the molecule is CCNC(CCN1CCCC(C)C1C)c1ccc(C)cc1. The van der Waals surface area contributed by atoms with Gasteiger partial charge in [0.25, 0.3) is 0 Å². The van der Waals surface area contributed by atoms with Gasteiger partial charge >= 0.3 is 0 Å². The van der Waals surface area contributed by atoms with Crippen LogP contribution in [-0.4, -0.2) is 30.6 Å². The second-order valence-corrected chi connectivity index (χ2v) is 6.71. The largest absolute Gasteiger partial charge is 0.310 e. The van der Waals surface area contributed by atoms with Crippen molar-refractivity contribution < 1.29 is 0 Å². The van der Waals surface area contributed by atoms with Crippen LogP contribution in [0.1, 0.15) is 57.2 Å². The van der Waals surface area contributed by atoms with Crippen LogP contribution in [0.3, 0.4) is 0 Å². The van der Waals surface area contributed by atoms with Crippen molar-refractivity contribution in [1.82, 2.24) is 10.2 Å². The van der Waals surface area contributed by atoms with Crippen LogP contribution in [0.4, 0.5) is 0 Å². The lowest BCUT2D eigenvalue weighted by molar-refractivity contribution is 0.109. The van der Waals surface area contributed by atoms with Crippen LogP contribution in [0.5, 0.6) is 0 Å². The van der Waals surface area contributed by atoms with Gasteiger partial charge in [-0.2, -0.15) is 0 Å². The van der Waals surface area contributed by atoms with Crippen molar-refractivity contribution in [2.75, 3.05) is 19.6 Å². The molecule has 0 amide bonds. The summed E-state index contributed by atoms with van der Waals surface area (Å²) >= 11 is 0. The van der Waals surface area contributed by atoms with E-state index in [4.69, 9.17) is 0 Å². The molecular weight excluding hydrogens is 256 g/mol. The number of nitrogens with one attached hydrogen (secondary N) is 1. The molecule has 0 aromatic heterocycles. The van der Waals surface area contributed by atoms with Gasteiger partial charge in [-0.15, -0.1) is 0 Å². The quantitative estimate of drug-likeness (QED) is 0.845. The average Bonchev–Trinajstić information content (AvgIpc) is 2.48. The molecule has 1 aliphatic heterocycles. The zero-order valence-electron chi connectivity index (χ0n) is 14.2. The van der Waals surface area contributed by atoms with Crippen LogP contribution in [0.15, 0.2) is 24.3 Å². The molecule has 1 aromatic carbocycles. The standard InChI is InChI=1S/C19H32N2/c1-5-20-19(18-10-8-15(2)9-11-18)12-14-21-13-6-7-16(3)17(21)4/h8-11,16-17,19-20H,5-7,12-14H2,1-4H3. The fourth-order valence-corrected chi connectivity index (χ4v) is 3.46. The molecule has 21 heavy (non-hydrogen) atoms. The van der Waals surface area contributed by atoms with E-state index < -0.39 is 0 Å². The maximum Gasteiger partial charge on any atom is 0.0332 e. The van der Waals surface area contributed by atoms with Crippen molar-refractivity contribution in [2.45, 2.75) is 59.0 Å². The molecule has 0 bridgehead atoms. The van der Waals surface area contributed by atoms with E-state index >= 15 is 0 Å². The molecule has 2 nitrogen and oxygen atoms in total. The number of piperidine rings is 1. The second-order valence-electron chi connectivity index (χ2n) is 6.71. The number of likely N-dealkylation sites (tertiary alicyclic amines) is 1. The monoisotopic (exact) mass is 288 g/mol. The molecule has 3 unspecified atom stereocenters. The van der Waals surface area contributed by atoms with Gasteiger partial charge in [0.05, 0.1) is 0 Å². The summed E-state index contributed by atoms with van der Waals surface area (Å²) in [6.07, 6.45) is 3.96. The minimum Gasteiger partial charge on any atom is -0.310 e. The third-order valence-corrected chi connectivity index (χ3v) is 5.14. The van der Waals surface area contributed by atoms with Crippen LogP contribution >= 0.6 is 0 Å². The third kappa shape index (κ3) is 4.55. The fourth-order valence-electron chi connectivity index (χ4n) is 3.46. The summed E-state index contributed by atoms with van der Waals surface area (Å²) in [6, 6.07) is 10.2. The second kappa shape index (κ2) is 7.95. The van der Waals surface area contributed by atoms with E-state index in [1.165, 1.54) is 43.5 Å². The van der Waals surface area contributed by atoms with Crippen molar-refractivity contribution in [2.24, 2.45) is 5.92 Å². The Hall–Kier alpha value is -0.860. The number of benzene rings is 1. The van der Waals surface area contributed by atoms with Crippen LogP contribution < -0.4 is 5.32 Å². The number of hydrogen-bond acceptors (Lipinski definition) is 2. The van der Waals surface area contributed by atoms with E-state index in [1.807, 2.05) is 0 Å². The van der Waals surface area contributed by atoms with E-state index in [-0.39, 0.29) is 0 Å². The topological polar surface area (TPSA) is 15.3 Å². The maximum atomic E-state index is 3.66. The Morgan fingerprint density at radius 1 is 1.24 bits per heavy atom. The maximum absolute atomic E-state index is 3.66. The molecule has 1 N–H and O–H groups in total. The lowest BCUT2D eigenvalue weighted by atomic mass is 9.91. The van der Waals surface area contributed by atoms with Gasteiger partial charge in [0.2, 0.25) is 0 Å². The van der Waals surface area contributed by atoms with Crippen molar-refractivity contribution >= 4 is 0 Å². The van der Waals surface area contributed by atoms with E-state index in [2.05, 4.69) is 62.2 Å². The molecule has 0 spiro atoms. The molecule has 1 saturated heterocycles. The highest BCUT2D eigenvalue weighted by Crippen LogP contribution is 2.25. The van der Waals surface area contributed by atoms with E-state index in [9.17, 15) is 0 Å². The van der Waals surface area contributed by atoms with Crippen molar-refractivity contribution in [3.8, 4) is 0 Å². The highest BCUT2D eigenvalue weighted by atomic mass is 15.2. The molecule has 0 radical (unpaired) electrons. The Morgan fingerprint density at radius 3 is 2.62 bits per heavy atom. The van der Waals surface area contributed by atoms with Gasteiger partial charge < -0.3 is 10.2 Å². The highest BCUT2D eigenvalue weighted by Gasteiger charge is 2.25. The first-order valence-electron chi connectivity index (χ1n) is 8.65. The zero-order chi connectivity index (χ0) is 15.2. The first kappa shape index (κ1) is 16.5. The predicted octanol–water partition coefficient (Wildman–Crippen LogP) is 4.16. The Balaban J connectivity index is 1.95. The van der Waals surface area contributed by atoms with Gasteiger partial charge in [-0.3, -0.25) is 0 Å². The Morgan fingerprint density at radius 2 is 1.95 bits per heavy atom. The molecular formula is C19H32N2. The smallest absolute Gasteiger partial charge is 0.0332 e. The summed E-state index contributed by atoms with van der Waals surface area (Å²) in [4.78, 5) is 2.69. The number of hydrogen-bond donors (Lipinski definition) is 1. The summed E-state index contributed by atoms with van der Waals surface area (Å²) in [5.41, 5.74) is 2.77. The van der Waals surface area contributed by atoms with Crippen molar-refractivity contribution in [1.29, 1.82) is 0 Å². The summed E-state index contributed by atoms with van der Waals surface area (Å²) in [6.45, 7) is 12.7. The normalized spacial score (nSPS) is 25.0. The van der Waals surface area contributed by atoms with Gasteiger partial charge in [0.15, 0.2) is 0 Å². The van der Waals surface area contributed by atoms with Gasteiger partial charge in [-0.25, -0.2) is 0 Å². The molecule has 1 fully saturated rings. The van der Waals surface area contributed by atoms with Gasteiger partial charge in [0.1, 0.15) is 0 Å². The van der Waals surface area contributed by atoms with Crippen LogP contribution in [-0.2, 0) is 0 Å². The fraction of sp³-hybridized carbons (Fsp3) is 0.684. The van der Waals surface area contributed by atoms with Gasteiger partial charge in [-0.05, 0) is 57.7 Å². The molecule has 2 rings (SSSR count). The van der Waals surface area contributed by atoms with Crippen molar-refractivity contribution in [3.05, 3.63) is 35.4 Å². The predicted molar refractivity (Wildman–Crippen MR) is 91.6 cm³/mol. The Labute approximate surface area is 130 Å². The minimum atomic E-state index is 0.486. The van der Waals surface area contributed by atoms with Crippen LogP contribution in [0, 0.1) is 12.8 Å². The molecule has 3 atom stereocenters. The first-order valence-corrected chi connectivity index (χ1v) is 8.65. The van der Waals surface area contributed by atoms with Crippen LogP contribution in [0.2, 0.25) is 0 Å². The summed E-state index contributed by atoms with van der Waals surface area (Å²) < 4.78 is 0. The molecule has 0 saturated carbocycles.